The summed E-state index contributed by atoms with van der Waals surface area (Å²) in [4.78, 5) is 0. The molecule has 2 nitrogen and oxygen atoms in total. The van der Waals surface area contributed by atoms with Gasteiger partial charge in [0.05, 0.1) is 6.04 Å². The third-order valence-electron chi connectivity index (χ3n) is 4.44. The van der Waals surface area contributed by atoms with Crippen LogP contribution in [0, 0.1) is 12.8 Å². The summed E-state index contributed by atoms with van der Waals surface area (Å²) in [5.74, 6) is 1.85. The molecule has 0 aliphatic heterocycles. The minimum atomic E-state index is 0.107. The summed E-state index contributed by atoms with van der Waals surface area (Å²) in [5.41, 5.74) is 3.78. The second-order valence-corrected chi connectivity index (χ2v) is 7.18. The molecule has 1 atom stereocenters. The van der Waals surface area contributed by atoms with E-state index < -0.39 is 0 Å². The van der Waals surface area contributed by atoms with Gasteiger partial charge < -0.3 is 9.73 Å². The number of nitrogens with one attached hydrogen (secondary N) is 1. The molecule has 1 unspecified atom stereocenters. The lowest BCUT2D eigenvalue weighted by atomic mass is 9.85. The average molecular weight is 271 g/mol. The fraction of sp³-hybridized carbons (Fsp3) is 0.556. The van der Waals surface area contributed by atoms with E-state index in [1.807, 2.05) is 7.05 Å². The molecule has 1 aliphatic rings. The van der Waals surface area contributed by atoms with E-state index in [9.17, 15) is 0 Å². The van der Waals surface area contributed by atoms with Crippen molar-refractivity contribution in [3.63, 3.8) is 0 Å². The first-order valence-electron chi connectivity index (χ1n) is 7.62. The molecule has 0 radical (unpaired) electrons. The zero-order valence-corrected chi connectivity index (χ0v) is 13.2. The molecular weight excluding hydrogens is 246 g/mol. The Bertz CT molecular complexity index is 629. The molecule has 1 aliphatic carbocycles. The molecule has 2 heteroatoms. The normalized spacial score (nSPS) is 17.6. The second-order valence-electron chi connectivity index (χ2n) is 7.18. The van der Waals surface area contributed by atoms with Gasteiger partial charge in [0.1, 0.15) is 11.3 Å². The monoisotopic (exact) mass is 271 g/mol. The van der Waals surface area contributed by atoms with Crippen molar-refractivity contribution in [1.82, 2.24) is 5.32 Å². The van der Waals surface area contributed by atoms with E-state index in [4.69, 9.17) is 4.42 Å². The maximum Gasteiger partial charge on any atom is 0.138 e. The van der Waals surface area contributed by atoms with Crippen LogP contribution in [0.25, 0.3) is 11.0 Å². The molecule has 1 aromatic heterocycles. The van der Waals surface area contributed by atoms with Crippen LogP contribution in [-0.4, -0.2) is 7.05 Å². The number of fused-ring (bicyclic) bond motifs is 1. The van der Waals surface area contributed by atoms with E-state index in [0.717, 1.165) is 17.3 Å². The largest absolute Gasteiger partial charge is 0.459 e. The lowest BCUT2D eigenvalue weighted by Crippen LogP contribution is -2.17. The zero-order valence-electron chi connectivity index (χ0n) is 13.2. The number of hydrogen-bond acceptors (Lipinski definition) is 2. The van der Waals surface area contributed by atoms with Crippen LogP contribution in [0.1, 0.15) is 56.5 Å². The van der Waals surface area contributed by atoms with Crippen molar-refractivity contribution in [2.24, 2.45) is 5.92 Å². The zero-order chi connectivity index (χ0) is 14.5. The second kappa shape index (κ2) is 4.63. The summed E-state index contributed by atoms with van der Waals surface area (Å²) in [6.45, 7) is 8.90. The van der Waals surface area contributed by atoms with Crippen LogP contribution in [0.2, 0.25) is 0 Å². The predicted octanol–water partition coefficient (Wildman–Crippen LogP) is 4.71. The Morgan fingerprint density at radius 2 is 1.95 bits per heavy atom. The fourth-order valence-corrected chi connectivity index (χ4v) is 3.06. The van der Waals surface area contributed by atoms with Crippen molar-refractivity contribution in [2.45, 2.75) is 52.0 Å². The highest BCUT2D eigenvalue weighted by molar-refractivity contribution is 5.85. The number of aryl methyl sites for hydroxylation is 1. The molecule has 108 valence electrons. The van der Waals surface area contributed by atoms with Gasteiger partial charge in [0.2, 0.25) is 0 Å². The third kappa shape index (κ3) is 2.26. The van der Waals surface area contributed by atoms with Crippen LogP contribution >= 0.6 is 0 Å². The number of rotatable bonds is 3. The Balaban J connectivity index is 2.16. The molecule has 0 bridgehead atoms. The lowest BCUT2D eigenvalue weighted by Gasteiger charge is -2.19. The third-order valence-corrected chi connectivity index (χ3v) is 4.44. The van der Waals surface area contributed by atoms with Crippen LogP contribution in [0.4, 0.5) is 0 Å². The Morgan fingerprint density at radius 1 is 1.25 bits per heavy atom. The predicted molar refractivity (Wildman–Crippen MR) is 84.2 cm³/mol. The van der Waals surface area contributed by atoms with E-state index in [0.29, 0.717) is 6.04 Å². The molecule has 0 saturated heterocycles. The molecule has 1 fully saturated rings. The maximum absolute atomic E-state index is 6.30. The fourth-order valence-electron chi connectivity index (χ4n) is 3.06. The Kier molecular flexibility index (Phi) is 3.17. The summed E-state index contributed by atoms with van der Waals surface area (Å²) in [5, 5.41) is 4.70. The van der Waals surface area contributed by atoms with Crippen molar-refractivity contribution in [1.29, 1.82) is 0 Å². The van der Waals surface area contributed by atoms with Crippen LogP contribution in [0.15, 0.2) is 22.6 Å². The van der Waals surface area contributed by atoms with Gasteiger partial charge in [-0.15, -0.1) is 0 Å². The van der Waals surface area contributed by atoms with Crippen LogP contribution < -0.4 is 5.32 Å². The van der Waals surface area contributed by atoms with E-state index >= 15 is 0 Å². The van der Waals surface area contributed by atoms with Gasteiger partial charge in [0.25, 0.3) is 0 Å². The van der Waals surface area contributed by atoms with E-state index in [-0.39, 0.29) is 5.41 Å². The van der Waals surface area contributed by atoms with Crippen molar-refractivity contribution < 1.29 is 4.42 Å². The summed E-state index contributed by atoms with van der Waals surface area (Å²) < 4.78 is 6.30. The van der Waals surface area contributed by atoms with Gasteiger partial charge in [-0.1, -0.05) is 32.9 Å². The summed E-state index contributed by atoms with van der Waals surface area (Å²) in [6, 6.07) is 7.05. The smallest absolute Gasteiger partial charge is 0.138 e. The van der Waals surface area contributed by atoms with E-state index in [2.05, 4.69) is 51.2 Å². The molecule has 3 rings (SSSR count). The number of benzene rings is 1. The van der Waals surface area contributed by atoms with Crippen molar-refractivity contribution in [2.75, 3.05) is 7.05 Å². The van der Waals surface area contributed by atoms with Crippen LogP contribution in [0.5, 0.6) is 0 Å². The standard InChI is InChI=1S/C18H25NO/c1-11-6-9-14(18(2,3)4)17-13(11)10-15(20-17)16(19-5)12-7-8-12/h6,9-10,12,16,19H,7-8H2,1-5H3. The van der Waals surface area contributed by atoms with E-state index in [1.165, 1.54) is 29.4 Å². The summed E-state index contributed by atoms with van der Waals surface area (Å²) in [7, 11) is 2.04. The van der Waals surface area contributed by atoms with Crippen molar-refractivity contribution in [3.8, 4) is 0 Å². The van der Waals surface area contributed by atoms with Gasteiger partial charge >= 0.3 is 0 Å². The van der Waals surface area contributed by atoms with Crippen molar-refractivity contribution in [3.05, 3.63) is 35.1 Å². The molecule has 1 aromatic carbocycles. The highest BCUT2D eigenvalue weighted by atomic mass is 16.3. The quantitative estimate of drug-likeness (QED) is 0.874. The minimum Gasteiger partial charge on any atom is -0.459 e. The average Bonchev–Trinajstić information content (AvgIpc) is 3.08. The first-order chi connectivity index (χ1) is 9.41. The molecule has 1 N–H and O–H groups in total. The number of hydrogen-bond donors (Lipinski definition) is 1. The molecule has 1 saturated carbocycles. The van der Waals surface area contributed by atoms with Gasteiger partial charge in [-0.2, -0.15) is 0 Å². The van der Waals surface area contributed by atoms with Gasteiger partial charge in [-0.25, -0.2) is 0 Å². The topological polar surface area (TPSA) is 25.2 Å². The first-order valence-corrected chi connectivity index (χ1v) is 7.62. The Hall–Kier alpha value is -1.28. The summed E-state index contributed by atoms with van der Waals surface area (Å²) >= 11 is 0. The SMILES string of the molecule is CNC(c1cc2c(C)ccc(C(C)(C)C)c2o1)C1CC1. The van der Waals surface area contributed by atoms with Gasteiger partial charge in [-0.05, 0) is 49.8 Å². The highest BCUT2D eigenvalue weighted by Gasteiger charge is 2.34. The molecule has 2 aromatic rings. The lowest BCUT2D eigenvalue weighted by molar-refractivity contribution is 0.416. The van der Waals surface area contributed by atoms with Gasteiger partial charge in [0.15, 0.2) is 0 Å². The molecule has 20 heavy (non-hydrogen) atoms. The Labute approximate surface area is 121 Å². The first kappa shape index (κ1) is 13.7. The molecular formula is C18H25NO. The van der Waals surface area contributed by atoms with Gasteiger partial charge in [0, 0.05) is 10.9 Å². The molecule has 1 heterocycles. The molecule has 0 spiro atoms. The Morgan fingerprint density at radius 3 is 2.50 bits per heavy atom. The molecule has 0 amide bonds. The summed E-state index contributed by atoms with van der Waals surface area (Å²) in [6.07, 6.45) is 2.63. The highest BCUT2D eigenvalue weighted by Crippen LogP contribution is 2.43. The van der Waals surface area contributed by atoms with Crippen LogP contribution in [0.3, 0.4) is 0 Å². The number of furan rings is 1. The van der Waals surface area contributed by atoms with Crippen LogP contribution in [-0.2, 0) is 5.41 Å². The van der Waals surface area contributed by atoms with E-state index in [1.54, 1.807) is 0 Å². The van der Waals surface area contributed by atoms with Crippen molar-refractivity contribution >= 4 is 11.0 Å². The minimum absolute atomic E-state index is 0.107. The van der Waals surface area contributed by atoms with Gasteiger partial charge in [-0.3, -0.25) is 0 Å². The maximum atomic E-state index is 6.30.